The quantitative estimate of drug-likeness (QED) is 0.548. The first-order valence-corrected chi connectivity index (χ1v) is 9.23. The van der Waals surface area contributed by atoms with Crippen LogP contribution in [0.3, 0.4) is 0 Å². The molecule has 0 aliphatic heterocycles. The van der Waals surface area contributed by atoms with Gasteiger partial charge in [-0.15, -0.1) is 0 Å². The van der Waals surface area contributed by atoms with Crippen LogP contribution in [0.25, 0.3) is 0 Å². The van der Waals surface area contributed by atoms with E-state index in [1.807, 2.05) is 0 Å². The molecule has 10 heteroatoms. The molecule has 0 spiro atoms. The zero-order chi connectivity index (χ0) is 20.0. The van der Waals surface area contributed by atoms with Crippen molar-refractivity contribution in [3.05, 3.63) is 54.1 Å². The number of benzene rings is 2. The van der Waals surface area contributed by atoms with Gasteiger partial charge < -0.3 is 16.4 Å². The highest BCUT2D eigenvalue weighted by Gasteiger charge is 2.15. The maximum absolute atomic E-state index is 12.5. The predicted octanol–water partition coefficient (Wildman–Crippen LogP) is 0.661. The molecular formula is C17H18N4O5S. The summed E-state index contributed by atoms with van der Waals surface area (Å²) < 4.78 is 27.3. The monoisotopic (exact) mass is 390 g/mol. The summed E-state index contributed by atoms with van der Waals surface area (Å²) in [7, 11) is -3.90. The van der Waals surface area contributed by atoms with Crippen LogP contribution in [0.1, 0.15) is 17.3 Å². The number of hydrogen-bond donors (Lipinski definition) is 4. The fraction of sp³-hybridized carbons (Fsp3) is 0.118. The van der Waals surface area contributed by atoms with Crippen molar-refractivity contribution >= 4 is 39.1 Å². The number of amides is 3. The van der Waals surface area contributed by atoms with Crippen LogP contribution in [-0.4, -0.2) is 32.7 Å². The lowest BCUT2D eigenvalue weighted by molar-refractivity contribution is -0.117. The summed E-state index contributed by atoms with van der Waals surface area (Å²) in [6.45, 7) is 1.02. The molecule has 2 rings (SSSR count). The van der Waals surface area contributed by atoms with E-state index < -0.39 is 21.8 Å². The lowest BCUT2D eigenvalue weighted by Crippen LogP contribution is -2.33. The summed E-state index contributed by atoms with van der Waals surface area (Å²) in [5.74, 6) is -1.52. The van der Waals surface area contributed by atoms with E-state index in [2.05, 4.69) is 15.4 Å². The van der Waals surface area contributed by atoms with Crippen molar-refractivity contribution in [3.63, 3.8) is 0 Å². The van der Waals surface area contributed by atoms with E-state index in [1.165, 1.54) is 55.5 Å². The third-order valence-electron chi connectivity index (χ3n) is 3.29. The van der Waals surface area contributed by atoms with E-state index in [0.29, 0.717) is 5.69 Å². The molecule has 9 nitrogen and oxygen atoms in total. The summed E-state index contributed by atoms with van der Waals surface area (Å²) in [5.41, 5.74) is 5.77. The molecule has 5 N–H and O–H groups in total. The SMILES string of the molecule is CC(=O)Nc1ccc(S(=O)(=O)Nc2cccc(C(=O)NCC(N)=O)c2)cc1. The lowest BCUT2D eigenvalue weighted by atomic mass is 10.2. The molecule has 0 atom stereocenters. The minimum atomic E-state index is -3.90. The third-order valence-corrected chi connectivity index (χ3v) is 4.68. The normalized spacial score (nSPS) is 10.7. The average Bonchev–Trinajstić information content (AvgIpc) is 2.59. The standard InChI is InChI=1S/C17H18N4O5S/c1-11(22)20-13-5-7-15(8-6-13)27(25,26)21-14-4-2-3-12(9-14)17(24)19-10-16(18)23/h2-9,21H,10H2,1H3,(H2,18,23)(H,19,24)(H,20,22). The van der Waals surface area contributed by atoms with E-state index in [4.69, 9.17) is 5.73 Å². The van der Waals surface area contributed by atoms with Crippen molar-refractivity contribution in [2.45, 2.75) is 11.8 Å². The molecule has 142 valence electrons. The minimum absolute atomic E-state index is 0.0137. The van der Waals surface area contributed by atoms with Crippen molar-refractivity contribution in [1.82, 2.24) is 5.32 Å². The molecule has 2 aromatic carbocycles. The Labute approximate surface area is 156 Å². The van der Waals surface area contributed by atoms with Gasteiger partial charge in [-0.2, -0.15) is 0 Å². The lowest BCUT2D eigenvalue weighted by Gasteiger charge is -2.10. The maximum Gasteiger partial charge on any atom is 0.261 e. The van der Waals surface area contributed by atoms with Gasteiger partial charge in [0.2, 0.25) is 11.8 Å². The average molecular weight is 390 g/mol. The molecule has 2 aromatic rings. The molecule has 0 saturated carbocycles. The summed E-state index contributed by atoms with van der Waals surface area (Å²) in [4.78, 5) is 33.6. The fourth-order valence-electron chi connectivity index (χ4n) is 2.13. The molecule has 0 aliphatic rings. The number of carbonyl (C=O) groups excluding carboxylic acids is 3. The van der Waals surface area contributed by atoms with Crippen molar-refractivity contribution in [2.75, 3.05) is 16.6 Å². The van der Waals surface area contributed by atoms with E-state index in [1.54, 1.807) is 0 Å². The van der Waals surface area contributed by atoms with Crippen LogP contribution in [-0.2, 0) is 19.6 Å². The smallest absolute Gasteiger partial charge is 0.261 e. The van der Waals surface area contributed by atoms with Gasteiger partial charge in [-0.1, -0.05) is 6.07 Å². The molecule has 0 aromatic heterocycles. The van der Waals surface area contributed by atoms with Gasteiger partial charge in [0.05, 0.1) is 11.4 Å². The van der Waals surface area contributed by atoms with Gasteiger partial charge in [0.15, 0.2) is 0 Å². The van der Waals surface area contributed by atoms with Crippen LogP contribution in [0.4, 0.5) is 11.4 Å². The largest absolute Gasteiger partial charge is 0.368 e. The molecule has 0 fully saturated rings. The number of anilines is 2. The summed E-state index contributed by atoms with van der Waals surface area (Å²) in [5, 5.41) is 4.86. The van der Waals surface area contributed by atoms with Crippen molar-refractivity contribution in [3.8, 4) is 0 Å². The highest BCUT2D eigenvalue weighted by molar-refractivity contribution is 7.92. The van der Waals surface area contributed by atoms with Crippen molar-refractivity contribution < 1.29 is 22.8 Å². The highest BCUT2D eigenvalue weighted by atomic mass is 32.2. The first kappa shape index (κ1) is 19.9. The molecular weight excluding hydrogens is 372 g/mol. The molecule has 3 amide bonds. The molecule has 0 saturated heterocycles. The predicted molar refractivity (Wildman–Crippen MR) is 99.5 cm³/mol. The zero-order valence-electron chi connectivity index (χ0n) is 14.4. The molecule has 0 heterocycles. The second-order valence-corrected chi connectivity index (χ2v) is 7.22. The van der Waals surface area contributed by atoms with Gasteiger partial charge in [-0.05, 0) is 42.5 Å². The molecule has 27 heavy (non-hydrogen) atoms. The van der Waals surface area contributed by atoms with Crippen LogP contribution in [0.15, 0.2) is 53.4 Å². The van der Waals surface area contributed by atoms with Gasteiger partial charge in [0.1, 0.15) is 0 Å². The third kappa shape index (κ3) is 5.82. The number of carbonyl (C=O) groups is 3. The van der Waals surface area contributed by atoms with Gasteiger partial charge in [0, 0.05) is 23.9 Å². The van der Waals surface area contributed by atoms with Crippen LogP contribution in [0.5, 0.6) is 0 Å². The van der Waals surface area contributed by atoms with Crippen LogP contribution in [0.2, 0.25) is 0 Å². The minimum Gasteiger partial charge on any atom is -0.368 e. The molecule has 0 radical (unpaired) electrons. The maximum atomic E-state index is 12.5. The Kier molecular flexibility index (Phi) is 6.14. The van der Waals surface area contributed by atoms with Crippen LogP contribution >= 0.6 is 0 Å². The number of sulfonamides is 1. The number of hydrogen-bond acceptors (Lipinski definition) is 5. The Morgan fingerprint density at radius 1 is 1.00 bits per heavy atom. The Morgan fingerprint density at radius 2 is 1.67 bits per heavy atom. The topological polar surface area (TPSA) is 147 Å². The summed E-state index contributed by atoms with van der Waals surface area (Å²) in [6, 6.07) is 11.4. The molecule has 0 bridgehead atoms. The first-order chi connectivity index (χ1) is 12.7. The van der Waals surface area contributed by atoms with Crippen molar-refractivity contribution in [1.29, 1.82) is 0 Å². The van der Waals surface area contributed by atoms with E-state index in [-0.39, 0.29) is 28.6 Å². The van der Waals surface area contributed by atoms with E-state index >= 15 is 0 Å². The molecule has 0 aliphatic carbocycles. The summed E-state index contributed by atoms with van der Waals surface area (Å²) >= 11 is 0. The van der Waals surface area contributed by atoms with E-state index in [9.17, 15) is 22.8 Å². The number of rotatable bonds is 7. The number of nitrogens with one attached hydrogen (secondary N) is 3. The second-order valence-electron chi connectivity index (χ2n) is 5.54. The number of nitrogens with two attached hydrogens (primary N) is 1. The van der Waals surface area contributed by atoms with Crippen LogP contribution in [0, 0.1) is 0 Å². The Bertz CT molecular complexity index is 971. The van der Waals surface area contributed by atoms with Crippen molar-refractivity contribution in [2.24, 2.45) is 5.73 Å². The zero-order valence-corrected chi connectivity index (χ0v) is 15.2. The van der Waals surface area contributed by atoms with Crippen LogP contribution < -0.4 is 21.1 Å². The first-order valence-electron chi connectivity index (χ1n) is 7.74. The van der Waals surface area contributed by atoms with E-state index in [0.717, 1.165) is 0 Å². The summed E-state index contributed by atoms with van der Waals surface area (Å²) in [6.07, 6.45) is 0. The van der Waals surface area contributed by atoms with Gasteiger partial charge in [-0.3, -0.25) is 19.1 Å². The Balaban J connectivity index is 2.15. The second kappa shape index (κ2) is 8.32. The molecule has 0 unspecified atom stereocenters. The van der Waals surface area contributed by atoms with Gasteiger partial charge in [-0.25, -0.2) is 8.42 Å². The fourth-order valence-corrected chi connectivity index (χ4v) is 3.18. The van der Waals surface area contributed by atoms with Gasteiger partial charge >= 0.3 is 0 Å². The number of primary amides is 1. The highest BCUT2D eigenvalue weighted by Crippen LogP contribution is 2.19. The Morgan fingerprint density at radius 3 is 2.26 bits per heavy atom. The Hall–Kier alpha value is -3.40. The van der Waals surface area contributed by atoms with Gasteiger partial charge in [0.25, 0.3) is 15.9 Å².